The molecule has 0 radical (unpaired) electrons. The number of amides is 1. The van der Waals surface area contributed by atoms with Crippen molar-refractivity contribution >= 4 is 22.7 Å². The Kier molecular flexibility index (Phi) is 3.30. The lowest BCUT2D eigenvalue weighted by Crippen LogP contribution is -2.32. The maximum atomic E-state index is 12.5. The first-order chi connectivity index (χ1) is 11.3. The van der Waals surface area contributed by atoms with Crippen LogP contribution in [-0.2, 0) is 11.2 Å². The van der Waals surface area contributed by atoms with Gasteiger partial charge < -0.3 is 9.72 Å². The molecule has 1 amide bonds. The van der Waals surface area contributed by atoms with Gasteiger partial charge >= 0.3 is 6.09 Å². The molecule has 0 saturated heterocycles. The van der Waals surface area contributed by atoms with Gasteiger partial charge in [-0.1, -0.05) is 36.4 Å². The predicted molar refractivity (Wildman–Crippen MR) is 90.7 cm³/mol. The van der Waals surface area contributed by atoms with Crippen LogP contribution >= 0.6 is 0 Å². The molecular formula is C19H18N2O2. The second kappa shape index (κ2) is 5.47. The molecule has 0 aliphatic carbocycles. The van der Waals surface area contributed by atoms with E-state index in [1.165, 1.54) is 5.56 Å². The molecule has 116 valence electrons. The summed E-state index contributed by atoms with van der Waals surface area (Å²) in [5, 5.41) is 1.15. The van der Waals surface area contributed by atoms with E-state index in [1.807, 2.05) is 43.5 Å². The van der Waals surface area contributed by atoms with Crippen LogP contribution in [0.1, 0.15) is 24.1 Å². The van der Waals surface area contributed by atoms with Crippen LogP contribution in [0.2, 0.25) is 0 Å². The standard InChI is InChI=1S/C19H18N2O2/c1-2-23-19(22)21-17-10-6-3-7-13(17)11-18(21)15-12-20-16-9-5-4-8-14(15)16/h3-10,12,18,20H,2,11H2,1H3. The summed E-state index contributed by atoms with van der Waals surface area (Å²) in [6, 6.07) is 16.2. The molecule has 0 bridgehead atoms. The first kappa shape index (κ1) is 13.9. The molecule has 4 rings (SSSR count). The van der Waals surface area contributed by atoms with Crippen LogP contribution in [0.5, 0.6) is 0 Å². The Labute approximate surface area is 134 Å². The molecule has 1 aliphatic rings. The highest BCUT2D eigenvalue weighted by Gasteiger charge is 2.36. The Morgan fingerprint density at radius 1 is 1.22 bits per heavy atom. The van der Waals surface area contributed by atoms with E-state index >= 15 is 0 Å². The minimum absolute atomic E-state index is 0.0393. The first-order valence-corrected chi connectivity index (χ1v) is 7.89. The minimum atomic E-state index is -0.285. The third kappa shape index (κ3) is 2.18. The van der Waals surface area contributed by atoms with E-state index < -0.39 is 0 Å². The zero-order valence-corrected chi connectivity index (χ0v) is 13.0. The summed E-state index contributed by atoms with van der Waals surface area (Å²) >= 11 is 0. The maximum Gasteiger partial charge on any atom is 0.414 e. The quantitative estimate of drug-likeness (QED) is 0.761. The van der Waals surface area contributed by atoms with Crippen LogP contribution in [0, 0.1) is 0 Å². The molecule has 0 fully saturated rings. The van der Waals surface area contributed by atoms with Gasteiger partial charge in [-0.25, -0.2) is 4.79 Å². The minimum Gasteiger partial charge on any atom is -0.449 e. The summed E-state index contributed by atoms with van der Waals surface area (Å²) in [6.45, 7) is 2.21. The fourth-order valence-electron chi connectivity index (χ4n) is 3.42. The summed E-state index contributed by atoms with van der Waals surface area (Å²) in [6.07, 6.45) is 2.53. The molecule has 1 N–H and O–H groups in total. The molecule has 2 heterocycles. The molecule has 4 nitrogen and oxygen atoms in total. The van der Waals surface area contributed by atoms with Gasteiger partial charge in [0, 0.05) is 22.7 Å². The highest BCUT2D eigenvalue weighted by molar-refractivity contribution is 5.94. The number of anilines is 1. The van der Waals surface area contributed by atoms with Gasteiger partial charge in [0.15, 0.2) is 0 Å². The molecule has 3 aromatic rings. The van der Waals surface area contributed by atoms with E-state index in [4.69, 9.17) is 4.74 Å². The van der Waals surface area contributed by atoms with Gasteiger partial charge in [-0.3, -0.25) is 4.90 Å². The average molecular weight is 306 g/mol. The van der Waals surface area contributed by atoms with E-state index in [9.17, 15) is 4.79 Å². The van der Waals surface area contributed by atoms with Crippen molar-refractivity contribution in [3.63, 3.8) is 0 Å². The molecule has 1 aliphatic heterocycles. The largest absolute Gasteiger partial charge is 0.449 e. The lowest BCUT2D eigenvalue weighted by molar-refractivity contribution is 0.158. The lowest BCUT2D eigenvalue weighted by atomic mass is 10.0. The third-order valence-electron chi connectivity index (χ3n) is 4.42. The van der Waals surface area contributed by atoms with Crippen molar-refractivity contribution in [1.29, 1.82) is 0 Å². The van der Waals surface area contributed by atoms with Crippen LogP contribution in [0.25, 0.3) is 10.9 Å². The molecule has 2 aromatic carbocycles. The SMILES string of the molecule is CCOC(=O)N1c2ccccc2CC1c1c[nH]c2ccccc12. The van der Waals surface area contributed by atoms with Gasteiger partial charge in [0.2, 0.25) is 0 Å². The maximum absolute atomic E-state index is 12.5. The van der Waals surface area contributed by atoms with Crippen molar-refractivity contribution < 1.29 is 9.53 Å². The number of ether oxygens (including phenoxy) is 1. The van der Waals surface area contributed by atoms with E-state index in [1.54, 1.807) is 4.90 Å². The fourth-order valence-corrected chi connectivity index (χ4v) is 3.42. The van der Waals surface area contributed by atoms with Crippen molar-refractivity contribution in [2.45, 2.75) is 19.4 Å². The number of carbonyl (C=O) groups is 1. The fraction of sp³-hybridized carbons (Fsp3) is 0.211. The van der Waals surface area contributed by atoms with Gasteiger partial charge in [-0.15, -0.1) is 0 Å². The van der Waals surface area contributed by atoms with Crippen molar-refractivity contribution in [2.24, 2.45) is 0 Å². The number of nitrogens with zero attached hydrogens (tertiary/aromatic N) is 1. The molecule has 1 atom stereocenters. The van der Waals surface area contributed by atoms with Crippen molar-refractivity contribution in [3.05, 3.63) is 65.9 Å². The number of aromatic amines is 1. The van der Waals surface area contributed by atoms with Gasteiger partial charge in [-0.2, -0.15) is 0 Å². The molecule has 0 saturated carbocycles. The average Bonchev–Trinajstić information content (AvgIpc) is 3.16. The number of nitrogens with one attached hydrogen (secondary N) is 1. The molecule has 0 spiro atoms. The number of fused-ring (bicyclic) bond motifs is 2. The van der Waals surface area contributed by atoms with Crippen LogP contribution in [0.15, 0.2) is 54.7 Å². The Balaban J connectivity index is 1.83. The van der Waals surface area contributed by atoms with E-state index in [2.05, 4.69) is 23.2 Å². The normalized spacial score (nSPS) is 16.6. The topological polar surface area (TPSA) is 45.3 Å². The van der Waals surface area contributed by atoms with Crippen molar-refractivity contribution in [2.75, 3.05) is 11.5 Å². The van der Waals surface area contributed by atoms with Gasteiger partial charge in [0.05, 0.1) is 18.3 Å². The molecule has 23 heavy (non-hydrogen) atoms. The van der Waals surface area contributed by atoms with E-state index in [0.29, 0.717) is 6.61 Å². The second-order valence-electron chi connectivity index (χ2n) is 5.71. The van der Waals surface area contributed by atoms with Crippen molar-refractivity contribution in [3.8, 4) is 0 Å². The van der Waals surface area contributed by atoms with Crippen LogP contribution < -0.4 is 4.90 Å². The zero-order chi connectivity index (χ0) is 15.8. The number of para-hydroxylation sites is 2. The predicted octanol–water partition coefficient (Wildman–Crippen LogP) is 4.43. The summed E-state index contributed by atoms with van der Waals surface area (Å²) < 4.78 is 5.30. The molecular weight excluding hydrogens is 288 g/mol. The number of aromatic nitrogens is 1. The van der Waals surface area contributed by atoms with E-state index in [-0.39, 0.29) is 12.1 Å². The number of hydrogen-bond donors (Lipinski definition) is 1. The monoisotopic (exact) mass is 306 g/mol. The van der Waals surface area contributed by atoms with E-state index in [0.717, 1.165) is 28.6 Å². The highest BCUT2D eigenvalue weighted by Crippen LogP contribution is 2.42. The number of H-pyrrole nitrogens is 1. The second-order valence-corrected chi connectivity index (χ2v) is 5.71. The summed E-state index contributed by atoms with van der Waals surface area (Å²) in [5.41, 5.74) is 4.34. The highest BCUT2D eigenvalue weighted by atomic mass is 16.6. The zero-order valence-electron chi connectivity index (χ0n) is 13.0. The Bertz CT molecular complexity index is 868. The number of carbonyl (C=O) groups excluding carboxylic acids is 1. The summed E-state index contributed by atoms with van der Waals surface area (Å²) in [5.74, 6) is 0. The van der Waals surface area contributed by atoms with Gasteiger partial charge in [0.25, 0.3) is 0 Å². The van der Waals surface area contributed by atoms with Crippen LogP contribution in [-0.4, -0.2) is 17.7 Å². The van der Waals surface area contributed by atoms with Crippen LogP contribution in [0.3, 0.4) is 0 Å². The lowest BCUT2D eigenvalue weighted by Gasteiger charge is -2.24. The number of hydrogen-bond acceptors (Lipinski definition) is 2. The number of benzene rings is 2. The summed E-state index contributed by atoms with van der Waals surface area (Å²) in [7, 11) is 0. The van der Waals surface area contributed by atoms with Gasteiger partial charge in [-0.05, 0) is 31.0 Å². The summed E-state index contributed by atoms with van der Waals surface area (Å²) in [4.78, 5) is 17.6. The van der Waals surface area contributed by atoms with Gasteiger partial charge in [0.1, 0.15) is 0 Å². The molecule has 4 heteroatoms. The Morgan fingerprint density at radius 2 is 2.00 bits per heavy atom. The number of rotatable bonds is 2. The first-order valence-electron chi connectivity index (χ1n) is 7.89. The Hall–Kier alpha value is -2.75. The third-order valence-corrected chi connectivity index (χ3v) is 4.42. The smallest absolute Gasteiger partial charge is 0.414 e. The van der Waals surface area contributed by atoms with Crippen molar-refractivity contribution in [1.82, 2.24) is 4.98 Å². The molecule has 1 aromatic heterocycles. The Morgan fingerprint density at radius 3 is 2.87 bits per heavy atom. The van der Waals surface area contributed by atoms with Crippen LogP contribution in [0.4, 0.5) is 10.5 Å². The molecule has 1 unspecified atom stereocenters.